The third-order valence-electron chi connectivity index (χ3n) is 3.55. The fourth-order valence-corrected chi connectivity index (χ4v) is 2.95. The first-order valence-electron chi connectivity index (χ1n) is 6.14. The number of nitrogens with one attached hydrogen (secondary N) is 1. The Labute approximate surface area is 111 Å². The Morgan fingerprint density at radius 3 is 2.82 bits per heavy atom. The molecule has 1 nitrogen and oxygen atoms in total. The maximum absolute atomic E-state index is 13.1. The van der Waals surface area contributed by atoms with Gasteiger partial charge in [0.2, 0.25) is 0 Å². The van der Waals surface area contributed by atoms with Gasteiger partial charge in [0.25, 0.3) is 0 Å². The van der Waals surface area contributed by atoms with Crippen LogP contribution in [-0.4, -0.2) is 6.04 Å². The van der Waals surface area contributed by atoms with Crippen molar-refractivity contribution in [2.24, 2.45) is 5.41 Å². The summed E-state index contributed by atoms with van der Waals surface area (Å²) in [7, 11) is 0. The highest BCUT2D eigenvalue weighted by Crippen LogP contribution is 2.37. The molecule has 0 amide bonds. The van der Waals surface area contributed by atoms with Crippen LogP contribution in [0, 0.1) is 11.2 Å². The molecular weight excluding hydrogens is 281 g/mol. The van der Waals surface area contributed by atoms with E-state index in [9.17, 15) is 4.39 Å². The third-order valence-corrected chi connectivity index (χ3v) is 4.16. The van der Waals surface area contributed by atoms with Gasteiger partial charge in [-0.2, -0.15) is 0 Å². The van der Waals surface area contributed by atoms with Gasteiger partial charge in [0, 0.05) is 12.6 Å². The second-order valence-corrected chi connectivity index (χ2v) is 6.59. The largest absolute Gasteiger partial charge is 0.310 e. The number of hydrogen-bond donors (Lipinski definition) is 1. The van der Waals surface area contributed by atoms with Crippen molar-refractivity contribution in [3.63, 3.8) is 0 Å². The van der Waals surface area contributed by atoms with Gasteiger partial charge in [0.05, 0.1) is 4.47 Å². The zero-order valence-corrected chi connectivity index (χ0v) is 12.0. The predicted octanol–water partition coefficient (Wildman–Crippen LogP) is 4.26. The molecule has 1 aromatic rings. The van der Waals surface area contributed by atoms with Crippen LogP contribution >= 0.6 is 15.9 Å². The highest BCUT2D eigenvalue weighted by atomic mass is 79.9. The van der Waals surface area contributed by atoms with E-state index in [-0.39, 0.29) is 5.82 Å². The van der Waals surface area contributed by atoms with Gasteiger partial charge in [-0.1, -0.05) is 19.9 Å². The minimum absolute atomic E-state index is 0.198. The van der Waals surface area contributed by atoms with Crippen molar-refractivity contribution in [1.82, 2.24) is 5.32 Å². The molecular formula is C14H19BrFN. The van der Waals surface area contributed by atoms with E-state index in [4.69, 9.17) is 0 Å². The van der Waals surface area contributed by atoms with Crippen LogP contribution < -0.4 is 5.32 Å². The number of hydrogen-bond acceptors (Lipinski definition) is 1. The zero-order valence-electron chi connectivity index (χ0n) is 10.4. The molecule has 0 bridgehead atoms. The summed E-state index contributed by atoms with van der Waals surface area (Å²) in [6.45, 7) is 5.46. The highest BCUT2D eigenvalue weighted by Gasteiger charge is 2.30. The number of halogens is 2. The van der Waals surface area contributed by atoms with Gasteiger partial charge in [-0.15, -0.1) is 0 Å². The summed E-state index contributed by atoms with van der Waals surface area (Å²) < 4.78 is 13.6. The molecule has 17 heavy (non-hydrogen) atoms. The maximum Gasteiger partial charge on any atom is 0.137 e. The molecule has 1 atom stereocenters. The van der Waals surface area contributed by atoms with E-state index in [0.717, 1.165) is 12.1 Å². The zero-order chi connectivity index (χ0) is 12.5. The molecule has 2 rings (SSSR count). The summed E-state index contributed by atoms with van der Waals surface area (Å²) in [5.41, 5.74) is 1.60. The number of rotatable bonds is 3. The third kappa shape index (κ3) is 3.52. The van der Waals surface area contributed by atoms with E-state index in [1.807, 2.05) is 12.1 Å². The van der Waals surface area contributed by atoms with Crippen LogP contribution in [0.4, 0.5) is 4.39 Å². The lowest BCUT2D eigenvalue weighted by molar-refractivity contribution is 0.364. The summed E-state index contributed by atoms with van der Waals surface area (Å²) in [5, 5.41) is 3.56. The van der Waals surface area contributed by atoms with E-state index in [1.54, 1.807) is 0 Å². The van der Waals surface area contributed by atoms with Crippen LogP contribution in [0.25, 0.3) is 0 Å². The molecule has 1 aliphatic rings. The first-order chi connectivity index (χ1) is 7.96. The SMILES string of the molecule is CC1(C)CCC(NCc2ccc(F)c(Br)c2)C1. The Morgan fingerprint density at radius 2 is 2.24 bits per heavy atom. The van der Waals surface area contributed by atoms with Gasteiger partial charge >= 0.3 is 0 Å². The van der Waals surface area contributed by atoms with Crippen molar-refractivity contribution in [2.75, 3.05) is 0 Å². The Kier molecular flexibility index (Phi) is 3.88. The van der Waals surface area contributed by atoms with Crippen molar-refractivity contribution >= 4 is 15.9 Å². The Balaban J connectivity index is 1.88. The molecule has 1 unspecified atom stereocenters. The lowest BCUT2D eigenvalue weighted by atomic mass is 9.92. The van der Waals surface area contributed by atoms with E-state index in [2.05, 4.69) is 35.1 Å². The molecule has 0 heterocycles. The van der Waals surface area contributed by atoms with Crippen molar-refractivity contribution in [1.29, 1.82) is 0 Å². The quantitative estimate of drug-likeness (QED) is 0.879. The molecule has 1 aliphatic carbocycles. The fourth-order valence-electron chi connectivity index (χ4n) is 2.52. The molecule has 0 saturated heterocycles. The van der Waals surface area contributed by atoms with Gasteiger partial charge in [-0.25, -0.2) is 4.39 Å². The summed E-state index contributed by atoms with van der Waals surface area (Å²) in [6.07, 6.45) is 3.77. The van der Waals surface area contributed by atoms with Crippen LogP contribution in [0.3, 0.4) is 0 Å². The molecule has 0 aliphatic heterocycles. The van der Waals surface area contributed by atoms with E-state index in [0.29, 0.717) is 15.9 Å². The molecule has 1 fully saturated rings. The van der Waals surface area contributed by atoms with Crippen molar-refractivity contribution < 1.29 is 4.39 Å². The van der Waals surface area contributed by atoms with E-state index < -0.39 is 0 Å². The van der Waals surface area contributed by atoms with Crippen molar-refractivity contribution in [3.8, 4) is 0 Å². The summed E-state index contributed by atoms with van der Waals surface area (Å²) in [5.74, 6) is -0.198. The Morgan fingerprint density at radius 1 is 1.47 bits per heavy atom. The Hall–Kier alpha value is -0.410. The summed E-state index contributed by atoms with van der Waals surface area (Å²) in [6, 6.07) is 5.81. The van der Waals surface area contributed by atoms with Crippen LogP contribution in [0.2, 0.25) is 0 Å². The van der Waals surface area contributed by atoms with Crippen LogP contribution in [-0.2, 0) is 6.54 Å². The van der Waals surface area contributed by atoms with Crippen LogP contribution in [0.5, 0.6) is 0 Å². The first kappa shape index (κ1) is 13.0. The molecule has 94 valence electrons. The minimum Gasteiger partial charge on any atom is -0.310 e. The highest BCUT2D eigenvalue weighted by molar-refractivity contribution is 9.10. The average molecular weight is 300 g/mol. The second-order valence-electron chi connectivity index (χ2n) is 5.73. The summed E-state index contributed by atoms with van der Waals surface area (Å²) >= 11 is 3.21. The van der Waals surface area contributed by atoms with Gasteiger partial charge in [-0.05, 0) is 58.3 Å². The van der Waals surface area contributed by atoms with Gasteiger partial charge in [0.15, 0.2) is 0 Å². The van der Waals surface area contributed by atoms with Gasteiger partial charge in [0.1, 0.15) is 5.82 Å². The molecule has 1 N–H and O–H groups in total. The minimum atomic E-state index is -0.198. The monoisotopic (exact) mass is 299 g/mol. The van der Waals surface area contributed by atoms with Crippen LogP contribution in [0.1, 0.15) is 38.7 Å². The lowest BCUT2D eigenvalue weighted by Gasteiger charge is -2.18. The van der Waals surface area contributed by atoms with Gasteiger partial charge in [-0.3, -0.25) is 0 Å². The molecule has 0 aromatic heterocycles. The lowest BCUT2D eigenvalue weighted by Crippen LogP contribution is -2.26. The Bertz CT molecular complexity index is 403. The predicted molar refractivity (Wildman–Crippen MR) is 72.4 cm³/mol. The van der Waals surface area contributed by atoms with Gasteiger partial charge < -0.3 is 5.32 Å². The molecule has 1 saturated carbocycles. The average Bonchev–Trinajstić information content (AvgIpc) is 2.60. The molecule has 3 heteroatoms. The number of benzene rings is 1. The summed E-state index contributed by atoms with van der Waals surface area (Å²) in [4.78, 5) is 0. The molecule has 1 aromatic carbocycles. The first-order valence-corrected chi connectivity index (χ1v) is 6.93. The molecule has 0 spiro atoms. The molecule has 0 radical (unpaired) electrons. The topological polar surface area (TPSA) is 12.0 Å². The standard InChI is InChI=1S/C14H19BrFN/c1-14(2)6-5-11(8-14)17-9-10-3-4-13(16)12(15)7-10/h3-4,7,11,17H,5-6,8-9H2,1-2H3. The smallest absolute Gasteiger partial charge is 0.137 e. The van der Waals surface area contributed by atoms with Crippen molar-refractivity contribution in [3.05, 3.63) is 34.1 Å². The van der Waals surface area contributed by atoms with E-state index in [1.165, 1.54) is 25.3 Å². The van der Waals surface area contributed by atoms with E-state index >= 15 is 0 Å². The normalized spacial score (nSPS) is 22.9. The van der Waals surface area contributed by atoms with Crippen LogP contribution in [0.15, 0.2) is 22.7 Å². The fraction of sp³-hybridized carbons (Fsp3) is 0.571. The second kappa shape index (κ2) is 5.07. The maximum atomic E-state index is 13.1. The van der Waals surface area contributed by atoms with Crippen molar-refractivity contribution in [2.45, 2.75) is 45.7 Å².